The Morgan fingerprint density at radius 3 is 2.33 bits per heavy atom. The van der Waals surface area contributed by atoms with Crippen LogP contribution in [0, 0.1) is 11.3 Å². The van der Waals surface area contributed by atoms with E-state index < -0.39 is 97.6 Å². The minimum absolute atomic E-state index is 0.0591. The standard InChI is InChI=1S/C32H30N6O12S2/c1-2-37-22-16(7-8-18(40)23(22)43)25(44)32(30(34)49,24(37)20(26(33)45)13-3-5-14(39)6-4-13)21-27(46)38(10-19(41)42)17(29(47)48)9-15(52-28(21)38)11-51-31-36-35-12-50-31/h3-9,12,15,20-21,24,28H,2,10-11H2,1H3,(H8-,33,34,39,40,41,42,43,44,45,47,48,49)/p+1/t15?,20?,21-,24?,28-,32?,38?/m0/s1. The molecule has 9 N–H and O–H groups in total. The molecule has 4 heterocycles. The first-order chi connectivity index (χ1) is 24.6. The van der Waals surface area contributed by atoms with Crippen LogP contribution >= 0.6 is 23.5 Å². The smallest absolute Gasteiger partial charge is 0.390 e. The number of aliphatic carboxylic acids is 2. The number of rotatable bonds is 12. The van der Waals surface area contributed by atoms with Crippen LogP contribution in [0.15, 0.2) is 64.2 Å². The molecule has 0 aliphatic carbocycles. The molecule has 3 aliphatic rings. The molecule has 6 rings (SSSR count). The molecule has 0 bridgehead atoms. The lowest BCUT2D eigenvalue weighted by Crippen LogP contribution is -2.84. The zero-order valence-corrected chi connectivity index (χ0v) is 28.6. The van der Waals surface area contributed by atoms with Gasteiger partial charge in [-0.05, 0) is 42.8 Å². The summed E-state index contributed by atoms with van der Waals surface area (Å²) in [5.41, 5.74) is 8.23. The van der Waals surface area contributed by atoms with Crippen molar-refractivity contribution >= 4 is 64.7 Å². The molecule has 20 heteroatoms. The highest BCUT2D eigenvalue weighted by Crippen LogP contribution is 2.63. The molecule has 1 saturated heterocycles. The van der Waals surface area contributed by atoms with E-state index in [2.05, 4.69) is 10.2 Å². The van der Waals surface area contributed by atoms with Crippen LogP contribution in [0.3, 0.4) is 0 Å². The van der Waals surface area contributed by atoms with Crippen molar-refractivity contribution in [2.45, 2.75) is 34.7 Å². The van der Waals surface area contributed by atoms with Gasteiger partial charge in [0.2, 0.25) is 23.9 Å². The number of aromatic nitrogens is 2. The highest BCUT2D eigenvalue weighted by molar-refractivity contribution is 8.03. The number of Topliss-reactive ketones (excluding diaryl/α,β-unsaturated/α-hetero) is 1. The van der Waals surface area contributed by atoms with Gasteiger partial charge >= 0.3 is 17.8 Å². The van der Waals surface area contributed by atoms with Crippen molar-refractivity contribution in [2.75, 3.05) is 23.7 Å². The third kappa shape index (κ3) is 5.23. The summed E-state index contributed by atoms with van der Waals surface area (Å²) in [6.45, 7) is 0.272. The van der Waals surface area contributed by atoms with Crippen molar-refractivity contribution in [1.29, 1.82) is 0 Å². The van der Waals surface area contributed by atoms with Crippen LogP contribution in [-0.2, 0) is 24.0 Å². The van der Waals surface area contributed by atoms with Crippen LogP contribution in [0.4, 0.5) is 5.69 Å². The number of primary amides is 2. The number of β-lactam (4-membered cyclic amide) rings is 1. The Kier molecular flexibility index (Phi) is 9.18. The molecule has 18 nitrogen and oxygen atoms in total. The minimum Gasteiger partial charge on any atom is -0.508 e. The van der Waals surface area contributed by atoms with Crippen LogP contribution in [0.2, 0.25) is 0 Å². The number of fused-ring (bicyclic) bond motifs is 2. The number of phenolic OH excluding ortho intramolecular Hbond substituents is 3. The van der Waals surface area contributed by atoms with Crippen molar-refractivity contribution < 1.29 is 63.2 Å². The molecule has 7 atom stereocenters. The van der Waals surface area contributed by atoms with Gasteiger partial charge in [0.15, 0.2) is 40.5 Å². The molecule has 5 unspecified atom stereocenters. The maximum absolute atomic E-state index is 15.1. The SMILES string of the molecule is CCN1c2c(ccc(O)c2O)C(=O)C(C(N)=O)([C@H]2C(=O)[N+]3(CC(=O)O)C(C(=O)O)=CC(CSc4nnco4)S[C@@H]23)C1C(C(N)=O)c1ccc(O)cc1. The summed E-state index contributed by atoms with van der Waals surface area (Å²) in [4.78, 5) is 84.3. The molecule has 1 fully saturated rings. The topological polar surface area (TPSA) is 298 Å². The number of phenols is 3. The molecule has 272 valence electrons. The third-order valence-electron chi connectivity index (χ3n) is 9.73. The quantitative estimate of drug-likeness (QED) is 0.0437. The second-order valence-corrected chi connectivity index (χ2v) is 14.6. The highest BCUT2D eigenvalue weighted by Gasteiger charge is 2.81. The first kappa shape index (κ1) is 36.2. The number of anilines is 1. The largest absolute Gasteiger partial charge is 0.508 e. The molecule has 0 spiro atoms. The summed E-state index contributed by atoms with van der Waals surface area (Å²) < 4.78 is 3.86. The van der Waals surface area contributed by atoms with Crippen molar-refractivity contribution in [2.24, 2.45) is 22.8 Å². The lowest BCUT2D eigenvalue weighted by molar-refractivity contribution is -0.855. The van der Waals surface area contributed by atoms with Gasteiger partial charge in [-0.1, -0.05) is 35.7 Å². The Balaban J connectivity index is 1.64. The fourth-order valence-electron chi connectivity index (χ4n) is 7.73. The Labute approximate surface area is 301 Å². The maximum atomic E-state index is 15.1. The zero-order chi connectivity index (χ0) is 37.9. The molecule has 0 radical (unpaired) electrons. The molecule has 3 aromatic rings. The average molecular weight is 756 g/mol. The monoisotopic (exact) mass is 755 g/mol. The van der Waals surface area contributed by atoms with E-state index in [1.807, 2.05) is 0 Å². The molecular formula is C32H31N6O12S2+. The number of nitrogens with two attached hydrogens (primary N) is 2. The molecule has 3 amide bonds. The number of ketones is 1. The number of aromatic hydroxyl groups is 3. The van der Waals surface area contributed by atoms with Crippen molar-refractivity contribution in [3.63, 3.8) is 0 Å². The number of hydrogen-bond acceptors (Lipinski definition) is 15. The number of carboxylic acid groups (broad SMARTS) is 2. The number of likely N-dealkylation sites (N-methyl/N-ethyl adjacent to an activating group) is 1. The van der Waals surface area contributed by atoms with Crippen molar-refractivity contribution in [3.8, 4) is 17.2 Å². The molecule has 1 aromatic heterocycles. The van der Waals surface area contributed by atoms with E-state index in [1.165, 1.54) is 42.2 Å². The average Bonchev–Trinajstić information content (AvgIpc) is 3.61. The lowest BCUT2D eigenvalue weighted by Gasteiger charge is -2.61. The van der Waals surface area contributed by atoms with Gasteiger partial charge < -0.3 is 46.3 Å². The second-order valence-electron chi connectivity index (χ2n) is 12.3. The fourth-order valence-corrected chi connectivity index (χ4v) is 10.4. The predicted molar refractivity (Wildman–Crippen MR) is 180 cm³/mol. The summed E-state index contributed by atoms with van der Waals surface area (Å²) in [6, 6.07) is 5.28. The Hall–Kier alpha value is -5.60. The number of quaternary nitrogens is 1. The third-order valence-corrected chi connectivity index (χ3v) is 12.5. The van der Waals surface area contributed by atoms with E-state index in [-0.39, 0.29) is 40.1 Å². The van der Waals surface area contributed by atoms with Gasteiger partial charge in [-0.2, -0.15) is 0 Å². The van der Waals surface area contributed by atoms with E-state index >= 15 is 4.79 Å². The fraction of sp³-hybridized carbons (Fsp3) is 0.312. The van der Waals surface area contributed by atoms with Gasteiger partial charge in [0.05, 0.1) is 17.6 Å². The molecule has 52 heavy (non-hydrogen) atoms. The van der Waals surface area contributed by atoms with Gasteiger partial charge in [0.25, 0.3) is 5.22 Å². The van der Waals surface area contributed by atoms with Crippen LogP contribution in [0.5, 0.6) is 17.2 Å². The van der Waals surface area contributed by atoms with E-state index in [0.717, 1.165) is 42.1 Å². The van der Waals surface area contributed by atoms with Gasteiger partial charge in [-0.3, -0.25) is 14.4 Å². The van der Waals surface area contributed by atoms with E-state index in [0.29, 0.717) is 0 Å². The van der Waals surface area contributed by atoms with Gasteiger partial charge in [-0.15, -0.1) is 10.2 Å². The number of thioether (sulfide) groups is 2. The number of carbonyl (C=O) groups excluding carboxylic acids is 4. The van der Waals surface area contributed by atoms with E-state index in [4.69, 9.17) is 15.9 Å². The second kappa shape index (κ2) is 13.2. The maximum Gasteiger partial charge on any atom is 0.390 e. The first-order valence-corrected chi connectivity index (χ1v) is 17.4. The van der Waals surface area contributed by atoms with Gasteiger partial charge in [0.1, 0.15) is 5.75 Å². The summed E-state index contributed by atoms with van der Waals surface area (Å²) in [7, 11) is 0. The Morgan fingerprint density at radius 2 is 1.77 bits per heavy atom. The molecule has 3 aliphatic heterocycles. The molecule has 0 saturated carbocycles. The van der Waals surface area contributed by atoms with Gasteiger partial charge in [0, 0.05) is 23.1 Å². The Bertz CT molecular complexity index is 2040. The summed E-state index contributed by atoms with van der Waals surface area (Å²) in [6.07, 6.45) is 2.30. The van der Waals surface area contributed by atoms with Crippen LogP contribution < -0.4 is 16.4 Å². The van der Waals surface area contributed by atoms with Crippen molar-refractivity contribution in [1.82, 2.24) is 10.2 Å². The number of nitrogens with zero attached hydrogens (tertiary/aromatic N) is 4. The number of carbonyl (C=O) groups is 6. The number of amides is 3. The van der Waals surface area contributed by atoms with Crippen molar-refractivity contribution in [3.05, 3.63) is 65.7 Å². The first-order valence-electron chi connectivity index (χ1n) is 15.5. The van der Waals surface area contributed by atoms with Gasteiger partial charge in [-0.25, -0.2) is 18.9 Å². The highest BCUT2D eigenvalue weighted by atomic mass is 32.2. The van der Waals surface area contributed by atoms with Crippen LogP contribution in [0.25, 0.3) is 0 Å². The summed E-state index contributed by atoms with van der Waals surface area (Å²) >= 11 is 1.95. The lowest BCUT2D eigenvalue weighted by atomic mass is 9.55. The number of benzene rings is 2. The van der Waals surface area contributed by atoms with E-state index in [9.17, 15) is 49.5 Å². The van der Waals surface area contributed by atoms with Crippen LogP contribution in [-0.4, -0.2) is 111 Å². The molecular weight excluding hydrogens is 725 g/mol. The number of hydrogen-bond donors (Lipinski definition) is 7. The minimum atomic E-state index is -2.77. The number of carboxylic acids is 2. The van der Waals surface area contributed by atoms with Crippen LogP contribution in [0.1, 0.15) is 28.8 Å². The Morgan fingerprint density at radius 1 is 1.08 bits per heavy atom. The van der Waals surface area contributed by atoms with E-state index in [1.54, 1.807) is 0 Å². The normalized spacial score (nSPS) is 27.1. The predicted octanol–water partition coefficient (Wildman–Crippen LogP) is 0.579. The molecule has 2 aromatic carbocycles. The zero-order valence-electron chi connectivity index (χ0n) is 27.0. The summed E-state index contributed by atoms with van der Waals surface area (Å²) in [5.74, 6) is -13.2. The summed E-state index contributed by atoms with van der Waals surface area (Å²) in [5, 5.41) is 57.4.